The summed E-state index contributed by atoms with van der Waals surface area (Å²) in [4.78, 5) is 0. The third-order valence-electron chi connectivity index (χ3n) is 2.82. The van der Waals surface area contributed by atoms with E-state index >= 15 is 0 Å². The highest BCUT2D eigenvalue weighted by molar-refractivity contribution is 5.83. The van der Waals surface area contributed by atoms with Crippen molar-refractivity contribution in [3.05, 3.63) is 48.4 Å². The Morgan fingerprint density at radius 1 is 1.19 bits per heavy atom. The average molecular weight is 212 g/mol. The molecule has 16 heavy (non-hydrogen) atoms. The van der Waals surface area contributed by atoms with E-state index in [9.17, 15) is 0 Å². The SMILES string of the molecule is Cn1ccc2c(Cn3ccnn3)cccc21. The first-order chi connectivity index (χ1) is 7.84. The lowest BCUT2D eigenvalue weighted by atomic mass is 10.1. The Morgan fingerprint density at radius 3 is 2.94 bits per heavy atom. The zero-order valence-corrected chi connectivity index (χ0v) is 9.04. The van der Waals surface area contributed by atoms with Gasteiger partial charge in [-0.3, -0.25) is 0 Å². The highest BCUT2D eigenvalue weighted by atomic mass is 15.4. The zero-order chi connectivity index (χ0) is 11.0. The Balaban J connectivity index is 2.10. The molecule has 0 radical (unpaired) electrons. The second-order valence-corrected chi connectivity index (χ2v) is 3.88. The number of hydrogen-bond donors (Lipinski definition) is 0. The van der Waals surface area contributed by atoms with Crippen LogP contribution in [0.3, 0.4) is 0 Å². The molecule has 0 saturated carbocycles. The van der Waals surface area contributed by atoms with Crippen molar-refractivity contribution in [2.24, 2.45) is 7.05 Å². The summed E-state index contributed by atoms with van der Waals surface area (Å²) in [6.07, 6.45) is 5.66. The van der Waals surface area contributed by atoms with Crippen LogP contribution in [0, 0.1) is 0 Å². The van der Waals surface area contributed by atoms with Gasteiger partial charge in [-0.25, -0.2) is 4.68 Å². The van der Waals surface area contributed by atoms with E-state index in [2.05, 4.69) is 52.4 Å². The van der Waals surface area contributed by atoms with Crippen LogP contribution >= 0.6 is 0 Å². The van der Waals surface area contributed by atoms with Crippen molar-refractivity contribution in [1.29, 1.82) is 0 Å². The summed E-state index contributed by atoms with van der Waals surface area (Å²) in [5, 5.41) is 9.07. The topological polar surface area (TPSA) is 35.6 Å². The molecule has 4 nitrogen and oxygen atoms in total. The second-order valence-electron chi connectivity index (χ2n) is 3.88. The molecule has 0 spiro atoms. The molecule has 0 aliphatic carbocycles. The standard InChI is InChI=1S/C12H12N4/c1-15-7-5-11-10(3-2-4-12(11)15)9-16-8-6-13-14-16/h2-8H,9H2,1H3. The van der Waals surface area contributed by atoms with Crippen molar-refractivity contribution in [1.82, 2.24) is 19.6 Å². The van der Waals surface area contributed by atoms with Crippen molar-refractivity contribution in [2.75, 3.05) is 0 Å². The summed E-state index contributed by atoms with van der Waals surface area (Å²) >= 11 is 0. The molecule has 0 bridgehead atoms. The van der Waals surface area contributed by atoms with Gasteiger partial charge in [-0.2, -0.15) is 0 Å². The fraction of sp³-hybridized carbons (Fsp3) is 0.167. The molecular formula is C12H12N4. The van der Waals surface area contributed by atoms with Crippen molar-refractivity contribution < 1.29 is 0 Å². The molecule has 2 heterocycles. The fourth-order valence-electron chi connectivity index (χ4n) is 2.00. The Morgan fingerprint density at radius 2 is 2.12 bits per heavy atom. The van der Waals surface area contributed by atoms with Crippen molar-refractivity contribution >= 4 is 10.9 Å². The van der Waals surface area contributed by atoms with E-state index in [0.717, 1.165) is 6.54 Å². The van der Waals surface area contributed by atoms with Gasteiger partial charge in [-0.15, -0.1) is 5.10 Å². The van der Waals surface area contributed by atoms with Crippen LogP contribution in [-0.2, 0) is 13.6 Å². The lowest BCUT2D eigenvalue weighted by Gasteiger charge is -2.03. The maximum Gasteiger partial charge on any atom is 0.0693 e. The molecule has 4 heteroatoms. The molecule has 0 aliphatic heterocycles. The van der Waals surface area contributed by atoms with Gasteiger partial charge < -0.3 is 4.57 Å². The lowest BCUT2D eigenvalue weighted by molar-refractivity contribution is 0.652. The number of fused-ring (bicyclic) bond motifs is 1. The molecule has 0 unspecified atom stereocenters. The summed E-state index contributed by atoms with van der Waals surface area (Å²) in [5.41, 5.74) is 2.52. The van der Waals surface area contributed by atoms with Crippen LogP contribution in [0.5, 0.6) is 0 Å². The second kappa shape index (κ2) is 3.48. The van der Waals surface area contributed by atoms with Gasteiger partial charge in [0, 0.05) is 30.3 Å². The predicted molar refractivity (Wildman–Crippen MR) is 62.0 cm³/mol. The minimum atomic E-state index is 0.765. The van der Waals surface area contributed by atoms with Crippen LogP contribution in [-0.4, -0.2) is 19.6 Å². The van der Waals surface area contributed by atoms with E-state index < -0.39 is 0 Å². The van der Waals surface area contributed by atoms with Crippen LogP contribution in [0.15, 0.2) is 42.9 Å². The minimum absolute atomic E-state index is 0.765. The molecule has 1 aromatic carbocycles. The Hall–Kier alpha value is -2.10. The van der Waals surface area contributed by atoms with Gasteiger partial charge in [0.2, 0.25) is 0 Å². The highest BCUT2D eigenvalue weighted by Gasteiger charge is 2.04. The fourth-order valence-corrected chi connectivity index (χ4v) is 2.00. The summed E-state index contributed by atoms with van der Waals surface area (Å²) in [6.45, 7) is 0.765. The molecular weight excluding hydrogens is 200 g/mol. The van der Waals surface area contributed by atoms with Gasteiger partial charge in [0.05, 0.1) is 12.7 Å². The van der Waals surface area contributed by atoms with Crippen LogP contribution < -0.4 is 0 Å². The maximum atomic E-state index is 3.98. The Bertz CT molecular complexity index is 607. The molecule has 0 aliphatic rings. The normalized spacial score (nSPS) is 11.1. The van der Waals surface area contributed by atoms with E-state index in [4.69, 9.17) is 0 Å². The molecule has 2 aromatic heterocycles. The number of benzene rings is 1. The monoisotopic (exact) mass is 212 g/mol. The van der Waals surface area contributed by atoms with E-state index in [1.807, 2.05) is 10.9 Å². The minimum Gasteiger partial charge on any atom is -0.351 e. The van der Waals surface area contributed by atoms with Crippen LogP contribution in [0.1, 0.15) is 5.56 Å². The van der Waals surface area contributed by atoms with E-state index in [0.29, 0.717) is 0 Å². The summed E-state index contributed by atoms with van der Waals surface area (Å²) in [7, 11) is 2.06. The number of aromatic nitrogens is 4. The summed E-state index contributed by atoms with van der Waals surface area (Å²) in [6, 6.07) is 8.47. The summed E-state index contributed by atoms with van der Waals surface area (Å²) < 4.78 is 3.96. The number of rotatable bonds is 2. The van der Waals surface area contributed by atoms with Gasteiger partial charge in [0.25, 0.3) is 0 Å². The average Bonchev–Trinajstić information content (AvgIpc) is 2.90. The van der Waals surface area contributed by atoms with Crippen molar-refractivity contribution in [2.45, 2.75) is 6.54 Å². The third kappa shape index (κ3) is 1.39. The first kappa shape index (κ1) is 9.15. The number of hydrogen-bond acceptors (Lipinski definition) is 2. The van der Waals surface area contributed by atoms with Gasteiger partial charge in [-0.1, -0.05) is 17.3 Å². The van der Waals surface area contributed by atoms with Crippen molar-refractivity contribution in [3.63, 3.8) is 0 Å². The van der Waals surface area contributed by atoms with Gasteiger partial charge >= 0.3 is 0 Å². The lowest BCUT2D eigenvalue weighted by Crippen LogP contribution is -2.00. The maximum absolute atomic E-state index is 3.98. The third-order valence-corrected chi connectivity index (χ3v) is 2.82. The Labute approximate surface area is 93.1 Å². The molecule has 0 fully saturated rings. The largest absolute Gasteiger partial charge is 0.351 e. The molecule has 3 rings (SSSR count). The quantitative estimate of drug-likeness (QED) is 0.649. The van der Waals surface area contributed by atoms with Crippen molar-refractivity contribution in [3.8, 4) is 0 Å². The van der Waals surface area contributed by atoms with E-state index in [1.54, 1.807) is 6.20 Å². The number of nitrogens with zero attached hydrogens (tertiary/aromatic N) is 4. The van der Waals surface area contributed by atoms with Crippen LogP contribution in [0.4, 0.5) is 0 Å². The molecule has 0 N–H and O–H groups in total. The van der Waals surface area contributed by atoms with E-state index in [-0.39, 0.29) is 0 Å². The van der Waals surface area contributed by atoms with E-state index in [1.165, 1.54) is 16.5 Å². The molecule has 3 aromatic rings. The van der Waals surface area contributed by atoms with Crippen LogP contribution in [0.2, 0.25) is 0 Å². The predicted octanol–water partition coefficient (Wildman–Crippen LogP) is 1.82. The smallest absolute Gasteiger partial charge is 0.0693 e. The first-order valence-corrected chi connectivity index (χ1v) is 5.21. The van der Waals surface area contributed by atoms with Gasteiger partial charge in [-0.05, 0) is 17.7 Å². The molecule has 0 saturated heterocycles. The molecule has 0 atom stereocenters. The number of aryl methyl sites for hydroxylation is 1. The molecule has 80 valence electrons. The zero-order valence-electron chi connectivity index (χ0n) is 9.04. The van der Waals surface area contributed by atoms with Gasteiger partial charge in [0.15, 0.2) is 0 Å². The first-order valence-electron chi connectivity index (χ1n) is 5.21. The van der Waals surface area contributed by atoms with Gasteiger partial charge in [0.1, 0.15) is 0 Å². The Kier molecular flexibility index (Phi) is 1.99. The summed E-state index contributed by atoms with van der Waals surface area (Å²) in [5.74, 6) is 0. The van der Waals surface area contributed by atoms with Crippen LogP contribution in [0.25, 0.3) is 10.9 Å². The molecule has 0 amide bonds. The highest BCUT2D eigenvalue weighted by Crippen LogP contribution is 2.19.